The van der Waals surface area contributed by atoms with Crippen LogP contribution in [0.15, 0.2) is 12.4 Å². The maximum absolute atomic E-state index is 11.7. The van der Waals surface area contributed by atoms with Gasteiger partial charge in [-0.2, -0.15) is 0 Å². The van der Waals surface area contributed by atoms with E-state index in [-0.39, 0.29) is 23.3 Å². The third kappa shape index (κ3) is 3.38. The molecule has 7 heteroatoms. The van der Waals surface area contributed by atoms with Crippen LogP contribution in [0.1, 0.15) is 23.3 Å². The second-order valence-electron chi connectivity index (χ2n) is 4.24. The van der Waals surface area contributed by atoms with Gasteiger partial charge in [-0.05, 0) is 0 Å². The van der Waals surface area contributed by atoms with E-state index < -0.39 is 5.60 Å². The number of rotatable bonds is 3. The zero-order chi connectivity index (χ0) is 13.0. The highest BCUT2D eigenvalue weighted by Gasteiger charge is 2.30. The summed E-state index contributed by atoms with van der Waals surface area (Å²) in [4.78, 5) is 19.4. The lowest BCUT2D eigenvalue weighted by atomic mass is 9.94. The van der Waals surface area contributed by atoms with Crippen molar-refractivity contribution < 1.29 is 14.6 Å². The van der Waals surface area contributed by atoms with E-state index in [2.05, 4.69) is 15.3 Å². The summed E-state index contributed by atoms with van der Waals surface area (Å²) in [6.45, 7) is 1.19. The highest BCUT2D eigenvalue weighted by Crippen LogP contribution is 2.19. The number of nitrogens with zero attached hydrogens (tertiary/aromatic N) is 2. The Morgan fingerprint density at radius 2 is 2.17 bits per heavy atom. The van der Waals surface area contributed by atoms with Crippen LogP contribution in [0.2, 0.25) is 5.15 Å². The van der Waals surface area contributed by atoms with Crippen LogP contribution in [0.25, 0.3) is 0 Å². The number of carbonyl (C=O) groups excluding carboxylic acids is 1. The zero-order valence-electron chi connectivity index (χ0n) is 9.73. The van der Waals surface area contributed by atoms with Crippen LogP contribution in [-0.2, 0) is 4.74 Å². The molecular weight excluding hydrogens is 258 g/mol. The Morgan fingerprint density at radius 3 is 2.78 bits per heavy atom. The Morgan fingerprint density at radius 1 is 1.44 bits per heavy atom. The number of nitrogens with one attached hydrogen (secondary N) is 1. The molecule has 1 fully saturated rings. The van der Waals surface area contributed by atoms with Crippen molar-refractivity contribution in [2.75, 3.05) is 19.8 Å². The molecule has 0 bridgehead atoms. The topological polar surface area (TPSA) is 84.3 Å². The molecule has 0 aliphatic carbocycles. The Balaban J connectivity index is 1.89. The third-order valence-electron chi connectivity index (χ3n) is 2.85. The first-order valence-corrected chi connectivity index (χ1v) is 6.03. The van der Waals surface area contributed by atoms with E-state index in [0.717, 1.165) is 0 Å². The third-order valence-corrected chi connectivity index (χ3v) is 3.05. The predicted octanol–water partition coefficient (Wildman–Crippen LogP) is 0.401. The second kappa shape index (κ2) is 5.60. The van der Waals surface area contributed by atoms with Crippen LogP contribution >= 0.6 is 11.6 Å². The molecular formula is C11H14ClN3O3. The number of aliphatic hydroxyl groups is 1. The van der Waals surface area contributed by atoms with E-state index in [1.54, 1.807) is 0 Å². The van der Waals surface area contributed by atoms with Gasteiger partial charge in [-0.1, -0.05) is 11.6 Å². The van der Waals surface area contributed by atoms with Gasteiger partial charge in [0, 0.05) is 32.6 Å². The van der Waals surface area contributed by atoms with Gasteiger partial charge in [0.1, 0.15) is 10.8 Å². The summed E-state index contributed by atoms with van der Waals surface area (Å²) < 4.78 is 5.16. The molecule has 1 saturated heterocycles. The van der Waals surface area contributed by atoms with Gasteiger partial charge in [-0.15, -0.1) is 0 Å². The van der Waals surface area contributed by atoms with Gasteiger partial charge in [0.25, 0.3) is 5.91 Å². The lowest BCUT2D eigenvalue weighted by molar-refractivity contribution is -0.0605. The van der Waals surface area contributed by atoms with Crippen LogP contribution in [0.3, 0.4) is 0 Å². The average molecular weight is 272 g/mol. The highest BCUT2D eigenvalue weighted by atomic mass is 35.5. The molecule has 98 valence electrons. The summed E-state index contributed by atoms with van der Waals surface area (Å²) in [5.41, 5.74) is -0.719. The van der Waals surface area contributed by atoms with Crippen molar-refractivity contribution in [3.05, 3.63) is 23.2 Å². The number of hydrogen-bond acceptors (Lipinski definition) is 5. The Labute approximate surface area is 109 Å². The maximum atomic E-state index is 11.7. The standard InChI is InChI=1S/C11H14ClN3O3/c12-9-6-13-8(5-14-9)10(16)15-7-11(17)1-3-18-4-2-11/h5-6,17H,1-4,7H2,(H,15,16). The van der Waals surface area contributed by atoms with Gasteiger partial charge in [-0.25, -0.2) is 9.97 Å². The van der Waals surface area contributed by atoms with Gasteiger partial charge in [0.2, 0.25) is 0 Å². The monoisotopic (exact) mass is 271 g/mol. The first-order valence-electron chi connectivity index (χ1n) is 5.65. The minimum Gasteiger partial charge on any atom is -0.388 e. The minimum atomic E-state index is -0.895. The van der Waals surface area contributed by atoms with Gasteiger partial charge in [0.15, 0.2) is 0 Å². The lowest BCUT2D eigenvalue weighted by Crippen LogP contribution is -2.46. The summed E-state index contributed by atoms with van der Waals surface area (Å²) in [7, 11) is 0. The first-order chi connectivity index (χ1) is 8.59. The number of halogens is 1. The molecule has 1 aliphatic heterocycles. The SMILES string of the molecule is O=C(NCC1(O)CCOCC1)c1cnc(Cl)cn1. The van der Waals surface area contributed by atoms with E-state index in [0.29, 0.717) is 26.1 Å². The highest BCUT2D eigenvalue weighted by molar-refractivity contribution is 6.29. The summed E-state index contributed by atoms with van der Waals surface area (Å²) in [6.07, 6.45) is 3.63. The molecule has 0 unspecified atom stereocenters. The molecule has 2 N–H and O–H groups in total. The molecule has 1 aromatic rings. The number of carbonyl (C=O) groups is 1. The van der Waals surface area contributed by atoms with Gasteiger partial charge >= 0.3 is 0 Å². The fourth-order valence-electron chi connectivity index (χ4n) is 1.69. The number of amides is 1. The molecule has 2 rings (SSSR count). The molecule has 1 amide bonds. The van der Waals surface area contributed by atoms with Crippen molar-refractivity contribution in [2.45, 2.75) is 18.4 Å². The van der Waals surface area contributed by atoms with Crippen LogP contribution in [-0.4, -0.2) is 46.3 Å². The van der Waals surface area contributed by atoms with Gasteiger partial charge in [-0.3, -0.25) is 4.79 Å². The van der Waals surface area contributed by atoms with E-state index in [4.69, 9.17) is 16.3 Å². The van der Waals surface area contributed by atoms with Crippen molar-refractivity contribution in [3.8, 4) is 0 Å². The predicted molar refractivity (Wildman–Crippen MR) is 64.4 cm³/mol. The number of ether oxygens (including phenoxy) is 1. The molecule has 0 aromatic carbocycles. The fraction of sp³-hybridized carbons (Fsp3) is 0.545. The van der Waals surface area contributed by atoms with Crippen molar-refractivity contribution in [3.63, 3.8) is 0 Å². The first kappa shape index (κ1) is 13.2. The Bertz CT molecular complexity index is 418. The van der Waals surface area contributed by atoms with Gasteiger partial charge in [0.05, 0.1) is 18.0 Å². The van der Waals surface area contributed by atoms with Crippen molar-refractivity contribution in [1.82, 2.24) is 15.3 Å². The molecule has 6 nitrogen and oxygen atoms in total. The van der Waals surface area contributed by atoms with Crippen LogP contribution in [0.5, 0.6) is 0 Å². The van der Waals surface area contributed by atoms with Crippen molar-refractivity contribution in [2.24, 2.45) is 0 Å². The normalized spacial score (nSPS) is 18.3. The summed E-state index contributed by atoms with van der Waals surface area (Å²) >= 11 is 5.58. The van der Waals surface area contributed by atoms with Crippen molar-refractivity contribution >= 4 is 17.5 Å². The maximum Gasteiger partial charge on any atom is 0.271 e. The molecule has 1 aliphatic rings. The molecule has 0 atom stereocenters. The zero-order valence-corrected chi connectivity index (χ0v) is 10.5. The fourth-order valence-corrected chi connectivity index (χ4v) is 1.79. The van der Waals surface area contributed by atoms with Crippen LogP contribution < -0.4 is 5.32 Å². The second-order valence-corrected chi connectivity index (χ2v) is 4.63. The summed E-state index contributed by atoms with van der Waals surface area (Å²) in [5, 5.41) is 13.0. The number of hydrogen-bond donors (Lipinski definition) is 2. The van der Waals surface area contributed by atoms with Crippen LogP contribution in [0.4, 0.5) is 0 Å². The minimum absolute atomic E-state index is 0.176. The number of aromatic nitrogens is 2. The largest absolute Gasteiger partial charge is 0.388 e. The molecule has 18 heavy (non-hydrogen) atoms. The summed E-state index contributed by atoms with van der Waals surface area (Å²) in [5.74, 6) is -0.376. The quantitative estimate of drug-likeness (QED) is 0.831. The average Bonchev–Trinajstić information content (AvgIpc) is 2.38. The Hall–Kier alpha value is -1.24. The molecule has 0 saturated carbocycles. The van der Waals surface area contributed by atoms with Crippen LogP contribution in [0, 0.1) is 0 Å². The van der Waals surface area contributed by atoms with E-state index in [1.165, 1.54) is 12.4 Å². The molecule has 0 radical (unpaired) electrons. The molecule has 2 heterocycles. The lowest BCUT2D eigenvalue weighted by Gasteiger charge is -2.31. The Kier molecular flexibility index (Phi) is 4.11. The van der Waals surface area contributed by atoms with E-state index >= 15 is 0 Å². The molecule has 1 aromatic heterocycles. The van der Waals surface area contributed by atoms with E-state index in [1.807, 2.05) is 0 Å². The smallest absolute Gasteiger partial charge is 0.271 e. The summed E-state index contributed by atoms with van der Waals surface area (Å²) in [6, 6.07) is 0. The molecule has 0 spiro atoms. The van der Waals surface area contributed by atoms with E-state index in [9.17, 15) is 9.90 Å². The van der Waals surface area contributed by atoms with Gasteiger partial charge < -0.3 is 15.2 Å². The van der Waals surface area contributed by atoms with Crippen molar-refractivity contribution in [1.29, 1.82) is 0 Å².